The molecule has 0 aromatic heterocycles. The Kier molecular flexibility index (Phi) is 7.03. The monoisotopic (exact) mass is 444 g/mol. The second-order valence-corrected chi connectivity index (χ2v) is 12.4. The van der Waals surface area contributed by atoms with Gasteiger partial charge in [0.05, 0.1) is 12.2 Å². The van der Waals surface area contributed by atoms with Gasteiger partial charge in [0.15, 0.2) is 0 Å². The van der Waals surface area contributed by atoms with Gasteiger partial charge in [-0.05, 0) is 74.0 Å². The van der Waals surface area contributed by atoms with Gasteiger partial charge >= 0.3 is 0 Å². The summed E-state index contributed by atoms with van der Waals surface area (Å²) in [5, 5.41) is 22.2. The van der Waals surface area contributed by atoms with Crippen molar-refractivity contribution in [3.05, 3.63) is 23.3 Å². The van der Waals surface area contributed by atoms with E-state index in [1.54, 1.807) is 5.57 Å². The largest absolute Gasteiger partial charge is 0.390 e. The average Bonchev–Trinajstić information content (AvgIpc) is 3.09. The van der Waals surface area contributed by atoms with Crippen LogP contribution >= 0.6 is 0 Å². The zero-order valence-corrected chi connectivity index (χ0v) is 21.4. The van der Waals surface area contributed by atoms with Crippen molar-refractivity contribution in [1.29, 1.82) is 0 Å². The maximum atomic E-state index is 11.5. The first kappa shape index (κ1) is 24.5. The summed E-state index contributed by atoms with van der Waals surface area (Å²) in [6.07, 6.45) is 12.7. The fourth-order valence-corrected chi connectivity index (χ4v) is 8.47. The molecule has 0 radical (unpaired) electrons. The predicted molar refractivity (Wildman–Crippen MR) is 131 cm³/mol. The molecule has 182 valence electrons. The van der Waals surface area contributed by atoms with Crippen molar-refractivity contribution in [2.45, 2.75) is 111 Å². The minimum Gasteiger partial charge on any atom is -0.390 e. The third kappa shape index (κ3) is 3.85. The smallest absolute Gasteiger partial charge is 0.110 e. The molecule has 4 aliphatic carbocycles. The normalized spacial score (nSPS) is 44.4. The minimum atomic E-state index is -0.650. The van der Waals surface area contributed by atoms with Crippen LogP contribution in [0.2, 0.25) is 0 Å². The van der Waals surface area contributed by atoms with Gasteiger partial charge in [0.25, 0.3) is 0 Å². The molecule has 3 nitrogen and oxygen atoms in total. The van der Waals surface area contributed by atoms with E-state index in [2.05, 4.69) is 46.8 Å². The van der Waals surface area contributed by atoms with Crippen molar-refractivity contribution in [2.75, 3.05) is 6.61 Å². The van der Waals surface area contributed by atoms with E-state index in [-0.39, 0.29) is 5.41 Å². The Morgan fingerprint density at radius 1 is 1.03 bits per heavy atom. The molecule has 0 bridgehead atoms. The van der Waals surface area contributed by atoms with Crippen LogP contribution in [0.1, 0.15) is 92.9 Å². The Balaban J connectivity index is 1.57. The van der Waals surface area contributed by atoms with Gasteiger partial charge in [-0.1, -0.05) is 77.2 Å². The summed E-state index contributed by atoms with van der Waals surface area (Å²) < 4.78 is 5.86. The molecule has 0 aromatic carbocycles. The number of rotatable bonds is 7. The minimum absolute atomic E-state index is 0.314. The van der Waals surface area contributed by atoms with Crippen LogP contribution in [0.3, 0.4) is 0 Å². The third-order valence-electron chi connectivity index (χ3n) is 10.3. The molecule has 0 aliphatic heterocycles. The zero-order valence-electron chi connectivity index (χ0n) is 21.4. The lowest BCUT2D eigenvalue weighted by atomic mass is 9.49. The Labute approximate surface area is 196 Å². The van der Waals surface area contributed by atoms with Crippen LogP contribution in [0.5, 0.6) is 0 Å². The van der Waals surface area contributed by atoms with Crippen molar-refractivity contribution in [2.24, 2.45) is 40.4 Å². The number of fused-ring (bicyclic) bond motifs is 5. The van der Waals surface area contributed by atoms with E-state index in [0.717, 1.165) is 24.2 Å². The van der Waals surface area contributed by atoms with Crippen LogP contribution in [0.4, 0.5) is 0 Å². The van der Waals surface area contributed by atoms with Gasteiger partial charge in [-0.2, -0.15) is 0 Å². The summed E-state index contributed by atoms with van der Waals surface area (Å²) in [7, 11) is 0. The molecular weight excluding hydrogens is 396 g/mol. The Hall–Kier alpha value is -0.640. The first-order valence-electron chi connectivity index (χ1n) is 13.5. The molecule has 4 aliphatic rings. The van der Waals surface area contributed by atoms with Gasteiger partial charge in [-0.15, -0.1) is 0 Å². The number of aliphatic hydroxyl groups excluding tert-OH is 2. The second-order valence-electron chi connectivity index (χ2n) is 12.4. The Bertz CT molecular complexity index is 739. The highest BCUT2D eigenvalue weighted by Crippen LogP contribution is 2.66. The molecule has 3 fully saturated rings. The standard InChI is InChI=1S/C29H48O3/c1-7-32-26-25(30)17-20-11-12-21-23-14-13-22(19(4)10-8-9-18(2)3)28(23,5)16-15-24(21)29(20,6)27(26)31/h11-12,18-19,22-27,30-31H,7-10,13-17H2,1-6H3/t19-,22-,23+,24+,25-,26-,27+,28-,29+/m1/s1. The van der Waals surface area contributed by atoms with Gasteiger partial charge < -0.3 is 14.9 Å². The molecule has 0 spiro atoms. The summed E-state index contributed by atoms with van der Waals surface area (Å²) in [4.78, 5) is 0. The topological polar surface area (TPSA) is 49.7 Å². The number of allylic oxidation sites excluding steroid dienone is 3. The zero-order chi connectivity index (χ0) is 23.3. The van der Waals surface area contributed by atoms with Gasteiger partial charge in [0.2, 0.25) is 0 Å². The third-order valence-corrected chi connectivity index (χ3v) is 10.3. The molecule has 0 saturated heterocycles. The Morgan fingerprint density at radius 2 is 1.78 bits per heavy atom. The number of ether oxygens (including phenoxy) is 1. The van der Waals surface area contributed by atoms with Crippen molar-refractivity contribution >= 4 is 0 Å². The maximum absolute atomic E-state index is 11.5. The first-order valence-corrected chi connectivity index (χ1v) is 13.5. The molecule has 3 saturated carbocycles. The van der Waals surface area contributed by atoms with Crippen LogP contribution in [0.15, 0.2) is 23.3 Å². The van der Waals surface area contributed by atoms with Crippen molar-refractivity contribution < 1.29 is 14.9 Å². The van der Waals surface area contributed by atoms with E-state index in [9.17, 15) is 10.2 Å². The van der Waals surface area contributed by atoms with E-state index in [1.807, 2.05) is 6.92 Å². The highest BCUT2D eigenvalue weighted by molar-refractivity contribution is 5.40. The molecule has 2 N–H and O–H groups in total. The van der Waals surface area contributed by atoms with E-state index in [4.69, 9.17) is 4.74 Å². The quantitative estimate of drug-likeness (QED) is 0.485. The molecule has 0 heterocycles. The van der Waals surface area contributed by atoms with E-state index in [0.29, 0.717) is 30.3 Å². The predicted octanol–water partition coefficient (Wildman–Crippen LogP) is 6.29. The summed E-state index contributed by atoms with van der Waals surface area (Å²) in [5.41, 5.74) is 2.89. The van der Waals surface area contributed by atoms with Crippen LogP contribution < -0.4 is 0 Å². The van der Waals surface area contributed by atoms with Gasteiger partial charge in [-0.25, -0.2) is 0 Å². The maximum Gasteiger partial charge on any atom is 0.110 e. The van der Waals surface area contributed by atoms with E-state index in [1.165, 1.54) is 44.1 Å². The van der Waals surface area contributed by atoms with E-state index >= 15 is 0 Å². The number of hydrogen-bond donors (Lipinski definition) is 2. The lowest BCUT2D eigenvalue weighted by Crippen LogP contribution is -2.59. The molecule has 0 aromatic rings. The molecule has 0 amide bonds. The second kappa shape index (κ2) is 9.19. The van der Waals surface area contributed by atoms with Gasteiger partial charge in [0.1, 0.15) is 6.10 Å². The highest BCUT2D eigenvalue weighted by Gasteiger charge is 2.60. The lowest BCUT2D eigenvalue weighted by Gasteiger charge is -2.57. The molecule has 0 unspecified atom stereocenters. The molecule has 9 atom stereocenters. The molecule has 3 heteroatoms. The SMILES string of the molecule is CCO[C@@H]1[C@H](O)CC2=CC=C3[C@@H]4CC[C@H]([C@H](C)CCCC(C)C)[C@@]4(C)CC[C@@H]3[C@@]2(C)[C@H]1O. The lowest BCUT2D eigenvalue weighted by molar-refractivity contribution is -0.159. The van der Waals surface area contributed by atoms with Crippen LogP contribution in [0.25, 0.3) is 0 Å². The Morgan fingerprint density at radius 3 is 2.47 bits per heavy atom. The number of hydrogen-bond acceptors (Lipinski definition) is 3. The first-order chi connectivity index (χ1) is 15.1. The van der Waals surface area contributed by atoms with E-state index < -0.39 is 18.3 Å². The highest BCUT2D eigenvalue weighted by atomic mass is 16.5. The van der Waals surface area contributed by atoms with Crippen molar-refractivity contribution in [3.8, 4) is 0 Å². The van der Waals surface area contributed by atoms with Crippen molar-refractivity contribution in [1.82, 2.24) is 0 Å². The summed E-state index contributed by atoms with van der Waals surface area (Å²) in [6, 6.07) is 0. The van der Waals surface area contributed by atoms with Crippen molar-refractivity contribution in [3.63, 3.8) is 0 Å². The average molecular weight is 445 g/mol. The molecular formula is C29H48O3. The fourth-order valence-electron chi connectivity index (χ4n) is 8.47. The van der Waals surface area contributed by atoms with Gasteiger partial charge in [-0.3, -0.25) is 0 Å². The fraction of sp³-hybridized carbons (Fsp3) is 0.862. The van der Waals surface area contributed by atoms with Crippen LogP contribution in [0, 0.1) is 40.4 Å². The van der Waals surface area contributed by atoms with Gasteiger partial charge in [0, 0.05) is 12.0 Å². The molecule has 32 heavy (non-hydrogen) atoms. The van der Waals surface area contributed by atoms with Crippen LogP contribution in [-0.2, 0) is 4.74 Å². The molecule has 4 rings (SSSR count). The number of aliphatic hydroxyl groups is 2. The van der Waals surface area contributed by atoms with Crippen LogP contribution in [-0.4, -0.2) is 35.1 Å². The summed E-state index contributed by atoms with van der Waals surface area (Å²) in [5.74, 6) is 3.43. The summed E-state index contributed by atoms with van der Waals surface area (Å²) >= 11 is 0. The summed E-state index contributed by atoms with van der Waals surface area (Å²) in [6.45, 7) is 14.5.